The van der Waals surface area contributed by atoms with Crippen LogP contribution in [-0.4, -0.2) is 32.1 Å². The van der Waals surface area contributed by atoms with E-state index >= 15 is 0 Å². The molecule has 2 N–H and O–H groups in total. The Bertz CT molecular complexity index is 1410. The van der Waals surface area contributed by atoms with E-state index in [9.17, 15) is 14.7 Å². The van der Waals surface area contributed by atoms with Crippen LogP contribution in [0, 0.1) is 5.41 Å². The summed E-state index contributed by atoms with van der Waals surface area (Å²) in [6.45, 7) is 0. The molecule has 0 aliphatic carbocycles. The Hall–Kier alpha value is -3.98. The highest BCUT2D eigenvalue weighted by atomic mass is 32.2. The van der Waals surface area contributed by atoms with Gasteiger partial charge in [-0.2, -0.15) is 15.1 Å². The molecule has 0 fully saturated rings. The van der Waals surface area contributed by atoms with E-state index in [4.69, 9.17) is 9.83 Å². The Kier molecular flexibility index (Phi) is 4.52. The molecule has 0 unspecified atom stereocenters. The third-order valence-corrected chi connectivity index (χ3v) is 5.69. The van der Waals surface area contributed by atoms with Crippen molar-refractivity contribution in [1.82, 2.24) is 5.01 Å². The maximum absolute atomic E-state index is 12.8. The number of rotatable bonds is 3. The summed E-state index contributed by atoms with van der Waals surface area (Å²) in [4.78, 5) is 29.4. The van der Waals surface area contributed by atoms with Crippen molar-refractivity contribution >= 4 is 50.8 Å². The van der Waals surface area contributed by atoms with Gasteiger partial charge in [0.15, 0.2) is 11.3 Å². The Morgan fingerprint density at radius 1 is 1.16 bits per heavy atom. The lowest BCUT2D eigenvalue weighted by atomic mass is 10.1. The van der Waals surface area contributed by atoms with Gasteiger partial charge in [0, 0.05) is 6.42 Å². The van der Waals surface area contributed by atoms with Crippen molar-refractivity contribution in [3.05, 3.63) is 81.7 Å². The summed E-state index contributed by atoms with van der Waals surface area (Å²) in [6, 6.07) is 13.9. The Morgan fingerprint density at radius 3 is 2.77 bits per heavy atom. The number of aliphatic imine (C=N–C) groups is 1. The van der Waals surface area contributed by atoms with E-state index in [1.54, 1.807) is 0 Å². The molecule has 3 heterocycles. The lowest BCUT2D eigenvalue weighted by Crippen LogP contribution is -2.35. The monoisotopic (exact) mass is 430 g/mol. The van der Waals surface area contributed by atoms with Crippen molar-refractivity contribution in [3.63, 3.8) is 0 Å². The lowest BCUT2D eigenvalue weighted by Gasteiger charge is -2.20. The molecule has 0 saturated heterocycles. The number of nitrogens with one attached hydrogen (secondary N) is 1. The van der Waals surface area contributed by atoms with Crippen LogP contribution < -0.4 is 5.43 Å². The van der Waals surface area contributed by atoms with Crippen LogP contribution in [0.15, 0.2) is 79.7 Å². The van der Waals surface area contributed by atoms with E-state index in [-0.39, 0.29) is 28.1 Å². The highest BCUT2D eigenvalue weighted by Gasteiger charge is 2.35. The SMILES string of the molecule is N=C1C(=Cc2coc3ccc(O)cc3c2=O)C(=O)N=C2SC(Cc3ccccc3)=NN12. The number of amidine groups is 2. The number of hydrazone groups is 1. The van der Waals surface area contributed by atoms with Gasteiger partial charge in [0.05, 0.1) is 16.5 Å². The van der Waals surface area contributed by atoms with Gasteiger partial charge in [-0.3, -0.25) is 15.0 Å². The second kappa shape index (κ2) is 7.37. The van der Waals surface area contributed by atoms with Gasteiger partial charge in [-0.15, -0.1) is 0 Å². The number of carbonyl (C=O) groups excluding carboxylic acids is 1. The topological polar surface area (TPSA) is 119 Å². The van der Waals surface area contributed by atoms with E-state index in [2.05, 4.69) is 10.1 Å². The van der Waals surface area contributed by atoms with E-state index in [0.717, 1.165) is 5.56 Å². The van der Waals surface area contributed by atoms with Crippen molar-refractivity contribution in [2.75, 3.05) is 0 Å². The largest absolute Gasteiger partial charge is 0.508 e. The molecule has 1 amide bonds. The fourth-order valence-electron chi connectivity index (χ4n) is 3.26. The zero-order valence-corrected chi connectivity index (χ0v) is 16.7. The number of carbonyl (C=O) groups is 1. The average molecular weight is 430 g/mol. The maximum Gasteiger partial charge on any atom is 0.283 e. The van der Waals surface area contributed by atoms with Crippen molar-refractivity contribution in [1.29, 1.82) is 5.41 Å². The molecule has 3 aromatic rings. The molecule has 152 valence electrons. The maximum atomic E-state index is 12.8. The summed E-state index contributed by atoms with van der Waals surface area (Å²) < 4.78 is 5.44. The number of phenolic OH excluding ortho intramolecular Hbond substituents is 1. The summed E-state index contributed by atoms with van der Waals surface area (Å²) >= 11 is 1.24. The number of benzene rings is 2. The summed E-state index contributed by atoms with van der Waals surface area (Å²) in [5, 5.41) is 25.0. The molecule has 0 bridgehead atoms. The molecule has 2 aliphatic rings. The average Bonchev–Trinajstić information content (AvgIpc) is 3.16. The number of phenols is 1. The molecule has 2 aliphatic heterocycles. The van der Waals surface area contributed by atoms with E-state index in [1.165, 1.54) is 47.3 Å². The van der Waals surface area contributed by atoms with Gasteiger partial charge in [-0.05, 0) is 41.6 Å². The summed E-state index contributed by atoms with van der Waals surface area (Å²) in [5.41, 5.74) is 0.941. The van der Waals surface area contributed by atoms with Gasteiger partial charge in [-0.1, -0.05) is 30.3 Å². The van der Waals surface area contributed by atoms with Gasteiger partial charge in [0.25, 0.3) is 5.91 Å². The van der Waals surface area contributed by atoms with Crippen LogP contribution in [0.1, 0.15) is 11.1 Å². The lowest BCUT2D eigenvalue weighted by molar-refractivity contribution is -0.114. The molecule has 2 aromatic carbocycles. The standard InChI is InChI=1S/C22H14N4O4S/c23-20-16(9-13-11-30-17-7-6-14(27)10-15(17)19(13)28)21(29)24-22-26(20)25-18(31-22)8-12-4-2-1-3-5-12/h1-7,9-11,23,27H,8H2. The number of amides is 1. The Morgan fingerprint density at radius 2 is 1.97 bits per heavy atom. The van der Waals surface area contributed by atoms with Crippen LogP contribution in [0.2, 0.25) is 0 Å². The minimum atomic E-state index is -0.629. The summed E-state index contributed by atoms with van der Waals surface area (Å²) in [5.74, 6) is -0.869. The highest BCUT2D eigenvalue weighted by Crippen LogP contribution is 2.29. The van der Waals surface area contributed by atoms with Crippen LogP contribution in [-0.2, 0) is 11.2 Å². The van der Waals surface area contributed by atoms with Gasteiger partial charge in [0.1, 0.15) is 22.6 Å². The molecular formula is C22H14N4O4S. The third-order valence-electron chi connectivity index (χ3n) is 4.78. The minimum Gasteiger partial charge on any atom is -0.508 e. The number of thioether (sulfide) groups is 1. The van der Waals surface area contributed by atoms with Crippen LogP contribution in [0.5, 0.6) is 5.75 Å². The fourth-order valence-corrected chi connectivity index (χ4v) is 4.18. The number of aromatic hydroxyl groups is 1. The predicted octanol–water partition coefficient (Wildman–Crippen LogP) is 3.36. The first kappa shape index (κ1) is 19.0. The van der Waals surface area contributed by atoms with Crippen molar-refractivity contribution < 1.29 is 14.3 Å². The van der Waals surface area contributed by atoms with E-state index in [0.29, 0.717) is 22.2 Å². The Balaban J connectivity index is 1.50. The number of nitrogens with zero attached hydrogens (tertiary/aromatic N) is 3. The first-order chi connectivity index (χ1) is 15.0. The van der Waals surface area contributed by atoms with Crippen molar-refractivity contribution in [3.8, 4) is 5.75 Å². The molecule has 1 aromatic heterocycles. The molecule has 31 heavy (non-hydrogen) atoms. The van der Waals surface area contributed by atoms with Gasteiger partial charge in [-0.25, -0.2) is 0 Å². The molecule has 0 saturated carbocycles. The summed E-state index contributed by atoms with van der Waals surface area (Å²) in [7, 11) is 0. The Labute approximate surface area is 179 Å². The van der Waals surface area contributed by atoms with Crippen molar-refractivity contribution in [2.24, 2.45) is 10.1 Å². The van der Waals surface area contributed by atoms with Crippen LogP contribution in [0.4, 0.5) is 0 Å². The smallest absolute Gasteiger partial charge is 0.283 e. The quantitative estimate of drug-likeness (QED) is 0.615. The van der Waals surface area contributed by atoms with E-state index < -0.39 is 11.3 Å². The van der Waals surface area contributed by atoms with Crippen LogP contribution in [0.3, 0.4) is 0 Å². The number of fused-ring (bicyclic) bond motifs is 2. The molecule has 9 heteroatoms. The first-order valence-electron chi connectivity index (χ1n) is 9.27. The molecule has 0 spiro atoms. The normalized spacial score (nSPS) is 17.2. The molecule has 0 radical (unpaired) electrons. The molecule has 0 atom stereocenters. The highest BCUT2D eigenvalue weighted by molar-refractivity contribution is 8.26. The molecule has 8 nitrogen and oxygen atoms in total. The number of hydrogen-bond donors (Lipinski definition) is 2. The minimum absolute atomic E-state index is 0.0686. The van der Waals surface area contributed by atoms with Gasteiger partial charge < -0.3 is 9.52 Å². The third kappa shape index (κ3) is 3.44. The molecular weight excluding hydrogens is 416 g/mol. The van der Waals surface area contributed by atoms with E-state index in [1.807, 2.05) is 30.3 Å². The second-order valence-corrected chi connectivity index (χ2v) is 7.92. The van der Waals surface area contributed by atoms with Gasteiger partial charge >= 0.3 is 0 Å². The first-order valence-corrected chi connectivity index (χ1v) is 10.1. The van der Waals surface area contributed by atoms with Crippen LogP contribution in [0.25, 0.3) is 17.0 Å². The summed E-state index contributed by atoms with van der Waals surface area (Å²) in [6.07, 6.45) is 3.05. The van der Waals surface area contributed by atoms with Gasteiger partial charge in [0.2, 0.25) is 5.17 Å². The van der Waals surface area contributed by atoms with Crippen molar-refractivity contribution in [2.45, 2.75) is 6.42 Å². The fraction of sp³-hybridized carbons (Fsp3) is 0.0455. The zero-order valence-electron chi connectivity index (χ0n) is 15.9. The molecule has 5 rings (SSSR count). The zero-order chi connectivity index (χ0) is 21.5. The predicted molar refractivity (Wildman–Crippen MR) is 119 cm³/mol. The second-order valence-electron chi connectivity index (χ2n) is 6.88. The number of hydrogen-bond acceptors (Lipinski definition) is 7. The van der Waals surface area contributed by atoms with Crippen LogP contribution >= 0.6 is 11.8 Å².